The van der Waals surface area contributed by atoms with E-state index in [-0.39, 0.29) is 0 Å². The molecule has 0 heterocycles. The largest absolute Gasteiger partial charge is 0.264 e. The molecule has 1 aromatic rings. The lowest BCUT2D eigenvalue weighted by Crippen LogP contribution is -2.15. The Bertz CT molecular complexity index is 373. The zero-order chi connectivity index (χ0) is 13.1. The van der Waals surface area contributed by atoms with Crippen LogP contribution in [-0.2, 0) is 0 Å². The van der Waals surface area contributed by atoms with Gasteiger partial charge in [0.1, 0.15) is 0 Å². The highest BCUT2D eigenvalue weighted by molar-refractivity contribution is 5.52. The van der Waals surface area contributed by atoms with Crippen molar-refractivity contribution in [2.75, 3.05) is 0 Å². The van der Waals surface area contributed by atoms with E-state index in [0.717, 1.165) is 5.69 Å². The molecule has 0 aliphatic heterocycles. The fourth-order valence-electron chi connectivity index (χ4n) is 2.47. The SMILES string of the molecule is C=Nc1ccccc1C(C)C(C)CC(C)(C)C. The molecular weight excluding hydrogens is 206 g/mol. The molecule has 0 spiro atoms. The summed E-state index contributed by atoms with van der Waals surface area (Å²) in [6.07, 6.45) is 1.22. The lowest BCUT2D eigenvalue weighted by molar-refractivity contribution is 0.283. The van der Waals surface area contributed by atoms with Crippen molar-refractivity contribution in [2.45, 2.75) is 47.0 Å². The maximum absolute atomic E-state index is 4.12. The van der Waals surface area contributed by atoms with Crippen molar-refractivity contribution in [1.82, 2.24) is 0 Å². The van der Waals surface area contributed by atoms with E-state index in [9.17, 15) is 0 Å². The molecule has 0 radical (unpaired) electrons. The van der Waals surface area contributed by atoms with Crippen molar-refractivity contribution in [3.8, 4) is 0 Å². The van der Waals surface area contributed by atoms with Gasteiger partial charge in [-0.1, -0.05) is 52.8 Å². The summed E-state index contributed by atoms with van der Waals surface area (Å²) in [5.74, 6) is 1.17. The molecule has 0 aromatic heterocycles. The van der Waals surface area contributed by atoms with Gasteiger partial charge >= 0.3 is 0 Å². The second-order valence-corrected chi connectivity index (χ2v) is 6.25. The Morgan fingerprint density at radius 2 is 1.76 bits per heavy atom. The minimum Gasteiger partial charge on any atom is -0.264 e. The van der Waals surface area contributed by atoms with Gasteiger partial charge in [0.25, 0.3) is 0 Å². The molecule has 0 aliphatic rings. The van der Waals surface area contributed by atoms with Gasteiger partial charge in [-0.2, -0.15) is 0 Å². The Balaban J connectivity index is 2.88. The third kappa shape index (κ3) is 3.99. The zero-order valence-corrected chi connectivity index (χ0v) is 11.8. The summed E-state index contributed by atoms with van der Waals surface area (Å²) >= 11 is 0. The number of benzene rings is 1. The molecule has 1 aromatic carbocycles. The van der Waals surface area contributed by atoms with Crippen molar-refractivity contribution in [2.24, 2.45) is 16.3 Å². The van der Waals surface area contributed by atoms with Gasteiger partial charge in [0, 0.05) is 0 Å². The first-order valence-electron chi connectivity index (χ1n) is 6.41. The Morgan fingerprint density at radius 3 is 2.29 bits per heavy atom. The van der Waals surface area contributed by atoms with Crippen LogP contribution in [0.5, 0.6) is 0 Å². The van der Waals surface area contributed by atoms with Crippen molar-refractivity contribution < 1.29 is 0 Å². The molecule has 0 saturated carbocycles. The first-order valence-corrected chi connectivity index (χ1v) is 6.41. The Kier molecular flexibility index (Phi) is 4.50. The van der Waals surface area contributed by atoms with Crippen LogP contribution in [0, 0.1) is 11.3 Å². The maximum Gasteiger partial charge on any atom is 0.0657 e. The van der Waals surface area contributed by atoms with E-state index in [0.29, 0.717) is 17.3 Å². The summed E-state index contributed by atoms with van der Waals surface area (Å²) in [5.41, 5.74) is 2.73. The second-order valence-electron chi connectivity index (χ2n) is 6.25. The van der Waals surface area contributed by atoms with Gasteiger partial charge in [0.15, 0.2) is 0 Å². The minimum absolute atomic E-state index is 0.379. The molecule has 2 unspecified atom stereocenters. The number of hydrogen-bond donors (Lipinski definition) is 0. The first-order chi connectivity index (χ1) is 7.85. The van der Waals surface area contributed by atoms with E-state index in [1.54, 1.807) is 0 Å². The summed E-state index contributed by atoms with van der Waals surface area (Å²) in [5, 5.41) is 0. The van der Waals surface area contributed by atoms with Crippen LogP contribution in [0.2, 0.25) is 0 Å². The molecular formula is C16H25N. The van der Waals surface area contributed by atoms with Crippen molar-refractivity contribution in [3.63, 3.8) is 0 Å². The minimum atomic E-state index is 0.379. The summed E-state index contributed by atoms with van der Waals surface area (Å²) in [6, 6.07) is 8.33. The third-order valence-corrected chi connectivity index (χ3v) is 3.39. The van der Waals surface area contributed by atoms with E-state index >= 15 is 0 Å². The average Bonchev–Trinajstić information content (AvgIpc) is 2.25. The Morgan fingerprint density at radius 1 is 1.18 bits per heavy atom. The highest BCUT2D eigenvalue weighted by Gasteiger charge is 2.22. The number of para-hydroxylation sites is 1. The molecule has 1 rings (SSSR count). The second kappa shape index (κ2) is 5.48. The van der Waals surface area contributed by atoms with Gasteiger partial charge in [-0.25, -0.2) is 0 Å². The topological polar surface area (TPSA) is 12.4 Å². The monoisotopic (exact) mass is 231 g/mol. The van der Waals surface area contributed by atoms with Crippen LogP contribution in [0.1, 0.15) is 52.5 Å². The molecule has 0 aliphatic carbocycles. The van der Waals surface area contributed by atoms with Gasteiger partial charge in [-0.15, -0.1) is 0 Å². The predicted octanol–water partition coefficient (Wildman–Crippen LogP) is 5.19. The van der Waals surface area contributed by atoms with E-state index in [1.807, 2.05) is 12.1 Å². The van der Waals surface area contributed by atoms with E-state index in [2.05, 4.69) is 58.5 Å². The standard InChI is InChI=1S/C16H25N/c1-12(11-16(3,4)5)13(2)14-9-7-8-10-15(14)17-6/h7-10,12-13H,6,11H2,1-5H3. The zero-order valence-electron chi connectivity index (χ0n) is 11.8. The van der Waals surface area contributed by atoms with Crippen LogP contribution < -0.4 is 0 Å². The number of nitrogens with zero attached hydrogens (tertiary/aromatic N) is 1. The number of hydrogen-bond acceptors (Lipinski definition) is 1. The lowest BCUT2D eigenvalue weighted by atomic mass is 9.77. The van der Waals surface area contributed by atoms with Crippen LogP contribution in [0.4, 0.5) is 5.69 Å². The van der Waals surface area contributed by atoms with Crippen LogP contribution in [0.3, 0.4) is 0 Å². The molecule has 0 bridgehead atoms. The summed E-state index contributed by atoms with van der Waals surface area (Å²) in [6.45, 7) is 15.2. The van der Waals surface area contributed by atoms with Gasteiger partial charge < -0.3 is 0 Å². The lowest BCUT2D eigenvalue weighted by Gasteiger charge is -2.28. The average molecular weight is 231 g/mol. The van der Waals surface area contributed by atoms with Gasteiger partial charge in [0.05, 0.1) is 5.69 Å². The molecule has 0 saturated heterocycles. The van der Waals surface area contributed by atoms with Gasteiger partial charge in [-0.3, -0.25) is 4.99 Å². The Labute approximate surface area is 106 Å². The molecule has 94 valence electrons. The molecule has 17 heavy (non-hydrogen) atoms. The third-order valence-electron chi connectivity index (χ3n) is 3.39. The van der Waals surface area contributed by atoms with Crippen LogP contribution in [0.25, 0.3) is 0 Å². The van der Waals surface area contributed by atoms with Crippen LogP contribution in [0.15, 0.2) is 29.3 Å². The summed E-state index contributed by atoms with van der Waals surface area (Å²) in [7, 11) is 0. The number of aliphatic imine (C=N–C) groups is 1. The van der Waals surface area contributed by atoms with Crippen molar-refractivity contribution in [1.29, 1.82) is 0 Å². The smallest absolute Gasteiger partial charge is 0.0657 e. The van der Waals surface area contributed by atoms with Crippen molar-refractivity contribution >= 4 is 12.4 Å². The quantitative estimate of drug-likeness (QED) is 0.632. The number of rotatable bonds is 4. The Hall–Kier alpha value is -1.11. The van der Waals surface area contributed by atoms with Crippen LogP contribution in [-0.4, -0.2) is 6.72 Å². The fourth-order valence-corrected chi connectivity index (χ4v) is 2.47. The molecule has 0 N–H and O–H groups in total. The summed E-state index contributed by atoms with van der Waals surface area (Å²) in [4.78, 5) is 4.12. The van der Waals surface area contributed by atoms with E-state index < -0.39 is 0 Å². The maximum atomic E-state index is 4.12. The van der Waals surface area contributed by atoms with Gasteiger partial charge in [-0.05, 0) is 42.0 Å². The van der Waals surface area contributed by atoms with Crippen molar-refractivity contribution in [3.05, 3.63) is 29.8 Å². The molecule has 2 atom stereocenters. The van der Waals surface area contributed by atoms with E-state index in [4.69, 9.17) is 0 Å². The predicted molar refractivity (Wildman–Crippen MR) is 77.3 cm³/mol. The van der Waals surface area contributed by atoms with Crippen LogP contribution >= 0.6 is 0 Å². The molecule has 1 nitrogen and oxygen atoms in total. The molecule has 0 amide bonds. The molecule has 0 fully saturated rings. The van der Waals surface area contributed by atoms with E-state index in [1.165, 1.54) is 12.0 Å². The summed E-state index contributed by atoms with van der Waals surface area (Å²) < 4.78 is 0. The highest BCUT2D eigenvalue weighted by Crippen LogP contribution is 2.37. The first kappa shape index (κ1) is 14.0. The van der Waals surface area contributed by atoms with Gasteiger partial charge in [0.2, 0.25) is 0 Å². The highest BCUT2D eigenvalue weighted by atomic mass is 14.7. The fraction of sp³-hybridized carbons (Fsp3) is 0.562. The normalized spacial score (nSPS) is 15.4. The molecule has 1 heteroatoms.